The van der Waals surface area contributed by atoms with Crippen LogP contribution < -0.4 is 14.4 Å². The van der Waals surface area contributed by atoms with E-state index in [4.69, 9.17) is 39.5 Å². The maximum Gasteiger partial charge on any atom is 0.263 e. The summed E-state index contributed by atoms with van der Waals surface area (Å²) in [4.78, 5) is 14.2. The monoisotopic (exact) mass is 476 g/mol. The fraction of sp³-hybridized carbons (Fsp3) is 0.300. The summed E-state index contributed by atoms with van der Waals surface area (Å²) < 4.78 is 22.8. The Morgan fingerprint density at radius 3 is 2.62 bits per heavy atom. The highest BCUT2D eigenvalue weighted by Crippen LogP contribution is 2.33. The molecular formula is C20H20Cl3FN2O2S. The van der Waals surface area contributed by atoms with Crippen LogP contribution in [0.15, 0.2) is 30.3 Å². The second-order valence-electron chi connectivity index (χ2n) is 6.76. The van der Waals surface area contributed by atoms with Gasteiger partial charge < -0.3 is 14.4 Å². The van der Waals surface area contributed by atoms with E-state index < -0.39 is 22.4 Å². The minimum absolute atomic E-state index is 0.0693. The summed E-state index contributed by atoms with van der Waals surface area (Å²) in [6, 6.07) is 7.89. The Kier molecular flexibility index (Phi) is 7.32. The predicted octanol–water partition coefficient (Wildman–Crippen LogP) is 5.81. The van der Waals surface area contributed by atoms with Crippen molar-refractivity contribution in [3.05, 3.63) is 56.8 Å². The molecule has 0 radical (unpaired) electrons. The van der Waals surface area contributed by atoms with E-state index in [1.165, 1.54) is 6.07 Å². The zero-order valence-electron chi connectivity index (χ0n) is 15.7. The van der Waals surface area contributed by atoms with Crippen LogP contribution in [0.2, 0.25) is 15.1 Å². The summed E-state index contributed by atoms with van der Waals surface area (Å²) in [7, 11) is -0.612. The first-order chi connectivity index (χ1) is 13.7. The lowest BCUT2D eigenvalue weighted by molar-refractivity contribution is 0.0980. The first-order valence-corrected chi connectivity index (χ1v) is 11.8. The Morgan fingerprint density at radius 2 is 1.97 bits per heavy atom. The lowest BCUT2D eigenvalue weighted by Gasteiger charge is -2.27. The van der Waals surface area contributed by atoms with Gasteiger partial charge in [-0.15, -0.1) is 10.7 Å². The van der Waals surface area contributed by atoms with Gasteiger partial charge in [-0.1, -0.05) is 40.7 Å². The van der Waals surface area contributed by atoms with Crippen LogP contribution >= 0.6 is 45.5 Å². The molecule has 1 amide bonds. The van der Waals surface area contributed by atoms with Crippen molar-refractivity contribution in [3.63, 3.8) is 0 Å². The molecule has 0 saturated carbocycles. The maximum absolute atomic E-state index is 14.4. The number of amides is 1. The largest absolute Gasteiger partial charge is 0.490 e. The number of rotatable bonds is 6. The van der Waals surface area contributed by atoms with Gasteiger partial charge in [0, 0.05) is 28.3 Å². The molecule has 2 atom stereocenters. The summed E-state index contributed by atoms with van der Waals surface area (Å²) in [5, 5.41) is 1.30. The number of hydrogen-bond acceptors (Lipinski definition) is 3. The van der Waals surface area contributed by atoms with E-state index in [1.807, 2.05) is 12.1 Å². The molecular weight excluding hydrogens is 458 g/mol. The van der Waals surface area contributed by atoms with Crippen LogP contribution in [0.25, 0.3) is 0 Å². The van der Waals surface area contributed by atoms with Crippen molar-refractivity contribution in [1.82, 2.24) is 4.72 Å². The smallest absolute Gasteiger partial charge is 0.263 e. The number of nitrogens with one attached hydrogen (secondary N) is 1. The summed E-state index contributed by atoms with van der Waals surface area (Å²) in [5.41, 5.74) is 0.780. The molecule has 0 aromatic heterocycles. The minimum atomic E-state index is -0.697. The van der Waals surface area contributed by atoms with Crippen molar-refractivity contribution in [2.45, 2.75) is 18.9 Å². The standard InChI is InChI=1S/C20H20Cl3FN2O2S/c1-29(2)25-20(27)16-9-17(23)19(10-18(16)24)28-11-14-4-3-5-26(14)15-7-12(21)6-13(22)8-15/h6-10,14H,1,3-5,11H2,2H3,(H,25,27). The van der Waals surface area contributed by atoms with Crippen LogP contribution in [0.5, 0.6) is 5.75 Å². The molecule has 2 aromatic carbocycles. The van der Waals surface area contributed by atoms with E-state index in [1.54, 1.807) is 12.3 Å². The molecule has 1 aliphatic rings. The van der Waals surface area contributed by atoms with Gasteiger partial charge in [0.2, 0.25) is 0 Å². The lowest BCUT2D eigenvalue weighted by Crippen LogP contribution is -2.34. The molecule has 9 heteroatoms. The van der Waals surface area contributed by atoms with Gasteiger partial charge in [0.25, 0.3) is 5.91 Å². The first-order valence-electron chi connectivity index (χ1n) is 8.86. The molecule has 0 aliphatic carbocycles. The van der Waals surface area contributed by atoms with E-state index in [2.05, 4.69) is 15.5 Å². The number of ether oxygens (including phenoxy) is 1. The molecule has 0 bridgehead atoms. The molecule has 1 heterocycles. The molecule has 4 nitrogen and oxygen atoms in total. The summed E-state index contributed by atoms with van der Waals surface area (Å²) in [6.45, 7) is 1.15. The van der Waals surface area contributed by atoms with Crippen molar-refractivity contribution >= 4 is 62.9 Å². The highest BCUT2D eigenvalue weighted by Gasteiger charge is 2.26. The average molecular weight is 478 g/mol. The number of anilines is 1. The van der Waals surface area contributed by atoms with E-state index in [-0.39, 0.29) is 22.4 Å². The Balaban J connectivity index is 1.72. The van der Waals surface area contributed by atoms with Crippen LogP contribution in [0, 0.1) is 5.82 Å². The number of benzene rings is 2. The Bertz CT molecular complexity index is 937. The molecule has 1 fully saturated rings. The molecule has 29 heavy (non-hydrogen) atoms. The number of carbonyl (C=O) groups is 1. The highest BCUT2D eigenvalue weighted by atomic mass is 35.5. The maximum atomic E-state index is 14.4. The Morgan fingerprint density at radius 1 is 1.28 bits per heavy atom. The first kappa shape index (κ1) is 22.2. The van der Waals surface area contributed by atoms with Crippen LogP contribution in [0.3, 0.4) is 0 Å². The Labute approximate surface area is 186 Å². The summed E-state index contributed by atoms with van der Waals surface area (Å²) >= 11 is 18.5. The van der Waals surface area contributed by atoms with E-state index in [9.17, 15) is 9.18 Å². The van der Waals surface area contributed by atoms with Crippen LogP contribution in [0.1, 0.15) is 23.2 Å². The third-order valence-electron chi connectivity index (χ3n) is 4.52. The number of halogens is 4. The van der Waals surface area contributed by atoms with Gasteiger partial charge in [0.05, 0.1) is 16.6 Å². The zero-order chi connectivity index (χ0) is 21.1. The van der Waals surface area contributed by atoms with Crippen LogP contribution in [-0.4, -0.2) is 37.2 Å². The van der Waals surface area contributed by atoms with Crippen molar-refractivity contribution in [2.24, 2.45) is 0 Å². The van der Waals surface area contributed by atoms with Crippen LogP contribution in [0.4, 0.5) is 10.1 Å². The third kappa shape index (κ3) is 5.57. The quantitative estimate of drug-likeness (QED) is 0.534. The van der Waals surface area contributed by atoms with E-state index in [0.29, 0.717) is 16.7 Å². The highest BCUT2D eigenvalue weighted by molar-refractivity contribution is 8.12. The third-order valence-corrected chi connectivity index (χ3v) is 5.79. The van der Waals surface area contributed by atoms with Gasteiger partial charge >= 0.3 is 0 Å². The predicted molar refractivity (Wildman–Crippen MR) is 122 cm³/mol. The van der Waals surface area contributed by atoms with Gasteiger partial charge in [0.15, 0.2) is 0 Å². The molecule has 2 aromatic rings. The van der Waals surface area contributed by atoms with E-state index in [0.717, 1.165) is 31.1 Å². The zero-order valence-corrected chi connectivity index (χ0v) is 18.8. The van der Waals surface area contributed by atoms with Crippen molar-refractivity contribution in [2.75, 3.05) is 24.3 Å². The molecule has 0 spiro atoms. The Hall–Kier alpha value is -1.47. The number of carbonyl (C=O) groups excluding carboxylic acids is 1. The van der Waals surface area contributed by atoms with Crippen molar-refractivity contribution in [3.8, 4) is 5.75 Å². The lowest BCUT2D eigenvalue weighted by atomic mass is 10.2. The van der Waals surface area contributed by atoms with Crippen LogP contribution in [-0.2, 0) is 0 Å². The molecule has 2 unspecified atom stereocenters. The minimum Gasteiger partial charge on any atom is -0.490 e. The molecule has 1 N–H and O–H groups in total. The SMILES string of the molecule is C=S(C)NC(=O)c1cc(Cl)c(OCC2CCCN2c2cc(Cl)cc(Cl)c2)cc1F. The van der Waals surface area contributed by atoms with Crippen molar-refractivity contribution < 1.29 is 13.9 Å². The second-order valence-corrected chi connectivity index (χ2v) is 9.52. The molecule has 156 valence electrons. The summed E-state index contributed by atoms with van der Waals surface area (Å²) in [6.07, 6.45) is 3.62. The second kappa shape index (κ2) is 9.56. The van der Waals surface area contributed by atoms with Gasteiger partial charge in [-0.2, -0.15) is 0 Å². The fourth-order valence-electron chi connectivity index (χ4n) is 3.27. The fourth-order valence-corrected chi connectivity index (χ4v) is 4.43. The van der Waals surface area contributed by atoms with Gasteiger partial charge in [-0.25, -0.2) is 4.39 Å². The molecule has 3 rings (SSSR count). The topological polar surface area (TPSA) is 41.6 Å². The van der Waals surface area contributed by atoms with Gasteiger partial charge in [-0.05, 0) is 43.4 Å². The van der Waals surface area contributed by atoms with Gasteiger partial charge in [0.1, 0.15) is 18.2 Å². The normalized spacial score (nSPS) is 17.3. The average Bonchev–Trinajstić information content (AvgIpc) is 3.09. The molecule has 1 saturated heterocycles. The number of nitrogens with zero attached hydrogens (tertiary/aromatic N) is 1. The van der Waals surface area contributed by atoms with Crippen molar-refractivity contribution in [1.29, 1.82) is 0 Å². The van der Waals surface area contributed by atoms with E-state index >= 15 is 0 Å². The van der Waals surface area contributed by atoms with Gasteiger partial charge in [-0.3, -0.25) is 4.79 Å². The molecule has 1 aliphatic heterocycles. The summed E-state index contributed by atoms with van der Waals surface area (Å²) in [5.74, 6) is 2.62. The number of hydrogen-bond donors (Lipinski definition) is 1.